The van der Waals surface area contributed by atoms with E-state index in [1.165, 1.54) is 38.5 Å². The summed E-state index contributed by atoms with van der Waals surface area (Å²) in [6.45, 7) is 8.13. The van der Waals surface area contributed by atoms with Gasteiger partial charge in [0.15, 0.2) is 0 Å². The first kappa shape index (κ1) is 14.3. The van der Waals surface area contributed by atoms with Gasteiger partial charge in [0.05, 0.1) is 0 Å². The molecule has 2 amide bonds. The molecule has 0 aliphatic carbocycles. The van der Waals surface area contributed by atoms with Gasteiger partial charge in [-0.3, -0.25) is 0 Å². The zero-order valence-corrected chi connectivity index (χ0v) is 11.6. The number of urea groups is 1. The first-order valence-corrected chi connectivity index (χ1v) is 7.33. The second kappa shape index (κ2) is 8.37. The lowest BCUT2D eigenvalue weighted by molar-refractivity contribution is 0.191. The van der Waals surface area contributed by atoms with Gasteiger partial charge in [0.2, 0.25) is 0 Å². The highest BCUT2D eigenvalue weighted by atomic mass is 16.2. The van der Waals surface area contributed by atoms with E-state index in [4.69, 9.17) is 0 Å². The van der Waals surface area contributed by atoms with Gasteiger partial charge < -0.3 is 9.80 Å². The quantitative estimate of drug-likeness (QED) is 0.566. The molecule has 0 spiro atoms. The molecule has 0 N–H and O–H groups in total. The molecule has 0 aromatic heterocycles. The topological polar surface area (TPSA) is 23.6 Å². The van der Waals surface area contributed by atoms with Crippen LogP contribution in [0.1, 0.15) is 58.8 Å². The lowest BCUT2D eigenvalue weighted by Gasteiger charge is -2.17. The molecule has 0 aromatic carbocycles. The van der Waals surface area contributed by atoms with Crippen LogP contribution in [0.4, 0.5) is 4.79 Å². The Morgan fingerprint density at radius 1 is 0.824 bits per heavy atom. The Morgan fingerprint density at radius 2 is 1.41 bits per heavy atom. The van der Waals surface area contributed by atoms with Gasteiger partial charge in [-0.15, -0.1) is 0 Å². The number of carbonyl (C=O) groups is 1. The number of amides is 2. The normalized spacial score (nSPS) is 16.0. The van der Waals surface area contributed by atoms with E-state index in [9.17, 15) is 4.79 Å². The molecule has 3 nitrogen and oxygen atoms in total. The summed E-state index contributed by atoms with van der Waals surface area (Å²) in [5.41, 5.74) is 0. The molecule has 1 rings (SSSR count). The number of rotatable bonds is 9. The highest BCUT2D eigenvalue weighted by molar-refractivity contribution is 5.76. The molecule has 1 aliphatic heterocycles. The molecule has 0 saturated carbocycles. The Labute approximate surface area is 106 Å². The van der Waals surface area contributed by atoms with Crippen LogP contribution in [-0.2, 0) is 0 Å². The maximum Gasteiger partial charge on any atom is 0.320 e. The SMILES string of the molecule is CCCCCCCCN1CCN(CCC)C1=O. The Balaban J connectivity index is 2.06. The molecule has 1 fully saturated rings. The van der Waals surface area contributed by atoms with Crippen LogP contribution >= 0.6 is 0 Å². The van der Waals surface area contributed by atoms with Gasteiger partial charge in [0, 0.05) is 26.2 Å². The molecule has 0 bridgehead atoms. The van der Waals surface area contributed by atoms with E-state index in [1.54, 1.807) is 0 Å². The molecule has 0 radical (unpaired) electrons. The van der Waals surface area contributed by atoms with Crippen molar-refractivity contribution in [2.75, 3.05) is 26.2 Å². The van der Waals surface area contributed by atoms with E-state index < -0.39 is 0 Å². The van der Waals surface area contributed by atoms with Gasteiger partial charge in [-0.1, -0.05) is 46.0 Å². The molecule has 100 valence electrons. The van der Waals surface area contributed by atoms with Gasteiger partial charge in [0.1, 0.15) is 0 Å². The summed E-state index contributed by atoms with van der Waals surface area (Å²) in [4.78, 5) is 15.9. The van der Waals surface area contributed by atoms with E-state index in [1.807, 2.05) is 9.80 Å². The van der Waals surface area contributed by atoms with E-state index >= 15 is 0 Å². The second-order valence-corrected chi connectivity index (χ2v) is 5.02. The van der Waals surface area contributed by atoms with Gasteiger partial charge >= 0.3 is 6.03 Å². The summed E-state index contributed by atoms with van der Waals surface area (Å²) < 4.78 is 0. The van der Waals surface area contributed by atoms with Crippen molar-refractivity contribution in [1.29, 1.82) is 0 Å². The third kappa shape index (κ3) is 4.97. The lowest BCUT2D eigenvalue weighted by atomic mass is 10.1. The van der Waals surface area contributed by atoms with Crippen LogP contribution < -0.4 is 0 Å². The Hall–Kier alpha value is -0.730. The first-order valence-electron chi connectivity index (χ1n) is 7.33. The number of hydrogen-bond acceptors (Lipinski definition) is 1. The van der Waals surface area contributed by atoms with E-state index in [-0.39, 0.29) is 6.03 Å². The molecule has 0 unspecified atom stereocenters. The summed E-state index contributed by atoms with van der Waals surface area (Å²) in [6.07, 6.45) is 8.86. The molecule has 1 aliphatic rings. The van der Waals surface area contributed by atoms with Crippen molar-refractivity contribution in [3.8, 4) is 0 Å². The Bertz CT molecular complexity index is 218. The fraction of sp³-hybridized carbons (Fsp3) is 0.929. The lowest BCUT2D eigenvalue weighted by Crippen LogP contribution is -2.32. The largest absolute Gasteiger partial charge is 0.323 e. The van der Waals surface area contributed by atoms with Crippen molar-refractivity contribution in [2.24, 2.45) is 0 Å². The fourth-order valence-corrected chi connectivity index (χ4v) is 2.40. The van der Waals surface area contributed by atoms with Crippen molar-refractivity contribution in [3.63, 3.8) is 0 Å². The first-order chi connectivity index (χ1) is 8.29. The van der Waals surface area contributed by atoms with Gasteiger partial charge in [-0.05, 0) is 12.8 Å². The van der Waals surface area contributed by atoms with Crippen LogP contribution in [0.25, 0.3) is 0 Å². The molecular formula is C14H28N2O. The van der Waals surface area contributed by atoms with Gasteiger partial charge in [-0.25, -0.2) is 4.79 Å². The van der Waals surface area contributed by atoms with Crippen molar-refractivity contribution >= 4 is 6.03 Å². The maximum atomic E-state index is 11.9. The molecular weight excluding hydrogens is 212 g/mol. The van der Waals surface area contributed by atoms with Crippen LogP contribution in [0.5, 0.6) is 0 Å². The maximum absolute atomic E-state index is 11.9. The van der Waals surface area contributed by atoms with Crippen LogP contribution in [0, 0.1) is 0 Å². The standard InChI is InChI=1S/C14H28N2O/c1-3-5-6-7-8-9-11-16-13-12-15(10-4-2)14(16)17/h3-13H2,1-2H3. The summed E-state index contributed by atoms with van der Waals surface area (Å²) >= 11 is 0. The Morgan fingerprint density at radius 3 is 2.06 bits per heavy atom. The smallest absolute Gasteiger partial charge is 0.320 e. The average molecular weight is 240 g/mol. The van der Waals surface area contributed by atoms with Crippen LogP contribution in [-0.4, -0.2) is 42.0 Å². The van der Waals surface area contributed by atoms with Crippen molar-refractivity contribution < 1.29 is 4.79 Å². The van der Waals surface area contributed by atoms with Crippen LogP contribution in [0.2, 0.25) is 0 Å². The number of carbonyl (C=O) groups excluding carboxylic acids is 1. The van der Waals surface area contributed by atoms with E-state index in [0.717, 1.165) is 32.6 Å². The molecule has 1 saturated heterocycles. The number of nitrogens with zero attached hydrogens (tertiary/aromatic N) is 2. The molecule has 3 heteroatoms. The summed E-state index contributed by atoms with van der Waals surface area (Å²) in [5.74, 6) is 0. The predicted molar refractivity (Wildman–Crippen MR) is 72.2 cm³/mol. The fourth-order valence-electron chi connectivity index (χ4n) is 2.40. The number of hydrogen-bond donors (Lipinski definition) is 0. The average Bonchev–Trinajstić information content (AvgIpc) is 2.67. The molecule has 0 aromatic rings. The summed E-state index contributed by atoms with van der Waals surface area (Å²) in [5, 5.41) is 0. The summed E-state index contributed by atoms with van der Waals surface area (Å²) in [7, 11) is 0. The van der Waals surface area contributed by atoms with Crippen LogP contribution in [0.3, 0.4) is 0 Å². The minimum Gasteiger partial charge on any atom is -0.323 e. The summed E-state index contributed by atoms with van der Waals surface area (Å²) in [6, 6.07) is 0.264. The van der Waals surface area contributed by atoms with E-state index in [2.05, 4.69) is 13.8 Å². The predicted octanol–water partition coefficient (Wildman–Crippen LogP) is 3.49. The minimum atomic E-state index is 0.264. The zero-order chi connectivity index (χ0) is 12.5. The highest BCUT2D eigenvalue weighted by Gasteiger charge is 2.26. The third-order valence-corrected chi connectivity index (χ3v) is 3.46. The molecule has 17 heavy (non-hydrogen) atoms. The zero-order valence-electron chi connectivity index (χ0n) is 11.6. The van der Waals surface area contributed by atoms with Gasteiger partial charge in [0.25, 0.3) is 0 Å². The van der Waals surface area contributed by atoms with Gasteiger partial charge in [-0.2, -0.15) is 0 Å². The Kier molecular flexibility index (Phi) is 7.06. The van der Waals surface area contributed by atoms with Crippen molar-refractivity contribution in [2.45, 2.75) is 58.8 Å². The number of unbranched alkanes of at least 4 members (excludes halogenated alkanes) is 5. The van der Waals surface area contributed by atoms with E-state index in [0.29, 0.717) is 0 Å². The molecule has 1 heterocycles. The molecule has 0 atom stereocenters. The highest BCUT2D eigenvalue weighted by Crippen LogP contribution is 2.11. The minimum absolute atomic E-state index is 0.264. The third-order valence-electron chi connectivity index (χ3n) is 3.46. The van der Waals surface area contributed by atoms with Crippen molar-refractivity contribution in [3.05, 3.63) is 0 Å². The monoisotopic (exact) mass is 240 g/mol. The van der Waals surface area contributed by atoms with Crippen LogP contribution in [0.15, 0.2) is 0 Å². The van der Waals surface area contributed by atoms with Crippen molar-refractivity contribution in [1.82, 2.24) is 9.80 Å². The second-order valence-electron chi connectivity index (χ2n) is 5.02.